The molecule has 0 bridgehead atoms. The van der Waals surface area contributed by atoms with Crippen molar-refractivity contribution < 1.29 is 19.8 Å². The third-order valence-electron chi connectivity index (χ3n) is 2.55. The van der Waals surface area contributed by atoms with Gasteiger partial charge in [-0.25, -0.2) is 14.4 Å². The van der Waals surface area contributed by atoms with E-state index in [1.165, 1.54) is 18.2 Å². The summed E-state index contributed by atoms with van der Waals surface area (Å²) >= 11 is 0. The first-order chi connectivity index (χ1) is 9.40. The fourth-order valence-corrected chi connectivity index (χ4v) is 1.73. The maximum atomic E-state index is 11.8. The van der Waals surface area contributed by atoms with Crippen LogP contribution in [0.1, 0.15) is 20.8 Å². The van der Waals surface area contributed by atoms with Crippen molar-refractivity contribution in [1.82, 2.24) is 9.97 Å². The van der Waals surface area contributed by atoms with Crippen LogP contribution in [0.25, 0.3) is 11.1 Å². The van der Waals surface area contributed by atoms with Gasteiger partial charge in [0, 0.05) is 0 Å². The quantitative estimate of drug-likeness (QED) is 0.562. The van der Waals surface area contributed by atoms with Crippen LogP contribution in [0.2, 0.25) is 0 Å². The summed E-state index contributed by atoms with van der Waals surface area (Å²) in [5, 5.41) is 17.9. The van der Waals surface area contributed by atoms with Gasteiger partial charge in [0.1, 0.15) is 5.69 Å². The van der Waals surface area contributed by atoms with Crippen molar-refractivity contribution in [3.05, 3.63) is 56.4 Å². The minimum atomic E-state index is -1.50. The average Bonchev–Trinajstić information content (AvgIpc) is 2.37. The van der Waals surface area contributed by atoms with E-state index < -0.39 is 28.9 Å². The molecular weight excluding hydrogens is 291 g/mol. The molecule has 0 unspecified atom stereocenters. The Morgan fingerprint density at radius 3 is 2.24 bits per heavy atom. The van der Waals surface area contributed by atoms with Crippen molar-refractivity contribution >= 4 is 41.5 Å². The van der Waals surface area contributed by atoms with Gasteiger partial charge in [-0.3, -0.25) is 9.78 Å². The predicted molar refractivity (Wildman–Crippen MR) is 74.2 cm³/mol. The molecule has 2 rings (SSSR count). The number of aromatic carboxylic acids is 2. The molecule has 1 aromatic heterocycles. The second-order valence-corrected chi connectivity index (χ2v) is 3.85. The zero-order valence-electron chi connectivity index (χ0n) is 9.84. The van der Waals surface area contributed by atoms with Gasteiger partial charge in [0.05, 0.1) is 11.1 Å². The van der Waals surface area contributed by atoms with Crippen LogP contribution in [-0.2, 0) is 0 Å². The number of rotatable bonds is 3. The molecule has 104 valence electrons. The van der Waals surface area contributed by atoms with Crippen LogP contribution in [0.3, 0.4) is 0 Å². The second-order valence-electron chi connectivity index (χ2n) is 3.85. The normalized spacial score (nSPS) is 9.71. The van der Waals surface area contributed by atoms with E-state index in [0.29, 0.717) is 0 Å². The number of benzene rings is 1. The van der Waals surface area contributed by atoms with E-state index in [4.69, 9.17) is 10.2 Å². The number of carbonyl (C=O) groups is 2. The van der Waals surface area contributed by atoms with Crippen molar-refractivity contribution in [2.75, 3.05) is 0 Å². The van der Waals surface area contributed by atoms with Crippen LogP contribution in [-0.4, -0.2) is 61.7 Å². The van der Waals surface area contributed by atoms with Gasteiger partial charge in [0.25, 0.3) is 5.56 Å². The number of carboxylic acids is 2. The van der Waals surface area contributed by atoms with Gasteiger partial charge in [-0.05, 0) is 17.7 Å². The summed E-state index contributed by atoms with van der Waals surface area (Å²) in [6, 6.07) is 5.19. The Hall–Kier alpha value is -2.16. The van der Waals surface area contributed by atoms with Crippen molar-refractivity contribution in [3.63, 3.8) is 0 Å². The summed E-state index contributed by atoms with van der Waals surface area (Å²) in [4.78, 5) is 48.7. The molecule has 21 heavy (non-hydrogen) atoms. The Morgan fingerprint density at radius 1 is 1.00 bits per heavy atom. The van der Waals surface area contributed by atoms with Crippen LogP contribution < -0.4 is 11.2 Å². The summed E-state index contributed by atoms with van der Waals surface area (Å²) in [5.41, 5.74) is -2.79. The number of aromatic nitrogens is 2. The van der Waals surface area contributed by atoms with E-state index in [1.807, 2.05) is 9.97 Å². The van der Waals surface area contributed by atoms with Crippen LogP contribution >= 0.6 is 0 Å². The van der Waals surface area contributed by atoms with Gasteiger partial charge in [0.2, 0.25) is 0 Å². The molecule has 0 atom stereocenters. The van der Waals surface area contributed by atoms with Crippen molar-refractivity contribution in [2.24, 2.45) is 0 Å². The minimum absolute atomic E-state index is 0. The maximum absolute atomic E-state index is 11.8. The fourth-order valence-electron chi connectivity index (χ4n) is 1.73. The first-order valence-electron chi connectivity index (χ1n) is 5.34. The van der Waals surface area contributed by atoms with Gasteiger partial charge in [-0.15, -0.1) is 0 Å². The monoisotopic (exact) mass is 300 g/mol. The zero-order valence-corrected chi connectivity index (χ0v) is 9.84. The summed E-state index contributed by atoms with van der Waals surface area (Å²) < 4.78 is 0. The van der Waals surface area contributed by atoms with E-state index in [-0.39, 0.29) is 46.2 Å². The molecule has 0 saturated heterocycles. The van der Waals surface area contributed by atoms with Crippen LogP contribution in [0.5, 0.6) is 0 Å². The molecule has 4 N–H and O–H groups in total. The zero-order chi connectivity index (χ0) is 14.9. The molecule has 0 aliphatic rings. The molecule has 9 heteroatoms. The molecule has 8 nitrogen and oxygen atoms in total. The summed E-state index contributed by atoms with van der Waals surface area (Å²) in [7, 11) is 0. The van der Waals surface area contributed by atoms with Gasteiger partial charge in [-0.1, -0.05) is 12.1 Å². The van der Waals surface area contributed by atoms with Crippen LogP contribution in [0.15, 0.2) is 33.9 Å². The Labute approximate surface area is 138 Å². The number of nitrogens with one attached hydrogen (secondary N) is 2. The molecule has 0 spiro atoms. The third-order valence-corrected chi connectivity index (χ3v) is 2.55. The molecule has 0 amide bonds. The van der Waals surface area contributed by atoms with Crippen molar-refractivity contribution in [3.8, 4) is 11.1 Å². The Kier molecular flexibility index (Phi) is 5.25. The van der Waals surface area contributed by atoms with Gasteiger partial charge >= 0.3 is 47.2 Å². The number of H-pyrrole nitrogens is 2. The van der Waals surface area contributed by atoms with E-state index in [9.17, 15) is 19.2 Å². The third kappa shape index (κ3) is 3.48. The molecule has 0 fully saturated rings. The predicted octanol–water partition coefficient (Wildman–Crippen LogP) is -0.522. The second kappa shape index (κ2) is 6.53. The topological polar surface area (TPSA) is 140 Å². The number of aromatic amines is 2. The Morgan fingerprint density at radius 2 is 1.67 bits per heavy atom. The number of carboxylic acid groups (broad SMARTS) is 2. The fraction of sp³-hybridized carbons (Fsp3) is 0. The summed E-state index contributed by atoms with van der Waals surface area (Å²) in [5.74, 6) is -2.71. The van der Waals surface area contributed by atoms with E-state index in [2.05, 4.69) is 0 Å². The molecule has 1 aromatic carbocycles. The molecule has 2 aromatic rings. The van der Waals surface area contributed by atoms with Crippen LogP contribution in [0.4, 0.5) is 0 Å². The first-order valence-corrected chi connectivity index (χ1v) is 5.34. The average molecular weight is 300 g/mol. The molecule has 0 radical (unpaired) electrons. The number of hydrogen-bond donors (Lipinski definition) is 4. The van der Waals surface area contributed by atoms with Crippen molar-refractivity contribution in [1.29, 1.82) is 0 Å². The summed E-state index contributed by atoms with van der Waals surface area (Å²) in [6.07, 6.45) is 0. The van der Waals surface area contributed by atoms with Gasteiger partial charge in [0.15, 0.2) is 0 Å². The van der Waals surface area contributed by atoms with Gasteiger partial charge < -0.3 is 15.2 Å². The Bertz CT molecular complexity index is 823. The van der Waals surface area contributed by atoms with Crippen LogP contribution in [0, 0.1) is 0 Å². The molecule has 0 saturated carbocycles. The van der Waals surface area contributed by atoms with Gasteiger partial charge in [-0.2, -0.15) is 0 Å². The van der Waals surface area contributed by atoms with Crippen molar-refractivity contribution in [2.45, 2.75) is 0 Å². The standard InChI is InChI=1S/C12H8N2O6.Na.H/c15-9-7(8(11(18)19)13-12(20)14-9)5-2-1-3-6(4-5)10(16)17;;/h1-4H,(H,16,17)(H,18,19)(H2,13,14,15,20);;. The molecule has 0 aliphatic carbocycles. The summed E-state index contributed by atoms with van der Waals surface area (Å²) in [6.45, 7) is 0. The molecule has 1 heterocycles. The molecular formula is C12H9N2NaO6. The first kappa shape index (κ1) is 16.9. The van der Waals surface area contributed by atoms with E-state index in [1.54, 1.807) is 0 Å². The van der Waals surface area contributed by atoms with E-state index in [0.717, 1.165) is 6.07 Å². The SMILES string of the molecule is O=C(O)c1cccc(-c2c(C(=O)O)[nH]c(=O)[nH]c2=O)c1.[NaH]. The number of hydrogen-bond acceptors (Lipinski definition) is 4. The van der Waals surface area contributed by atoms with E-state index >= 15 is 0 Å². The Balaban J connectivity index is 0.00000220. The molecule has 0 aliphatic heterocycles.